The summed E-state index contributed by atoms with van der Waals surface area (Å²) in [5.74, 6) is 0.205. The van der Waals surface area contributed by atoms with Gasteiger partial charge in [-0.3, -0.25) is 4.79 Å². The molecule has 0 bridgehead atoms. The van der Waals surface area contributed by atoms with E-state index in [4.69, 9.17) is 16.3 Å². The highest BCUT2D eigenvalue weighted by atomic mass is 35.5. The van der Waals surface area contributed by atoms with Crippen LogP contribution in [0.5, 0.6) is 11.5 Å². The van der Waals surface area contributed by atoms with Crippen LogP contribution in [0.25, 0.3) is 0 Å². The van der Waals surface area contributed by atoms with Crippen molar-refractivity contribution in [3.8, 4) is 11.5 Å². The first-order valence-corrected chi connectivity index (χ1v) is 8.06. The number of carbonyl (C=O) groups is 1. The smallest absolute Gasteiger partial charge is 0.229 e. The van der Waals surface area contributed by atoms with E-state index in [9.17, 15) is 9.18 Å². The lowest BCUT2D eigenvalue weighted by Crippen LogP contribution is -2.15. The lowest BCUT2D eigenvalue weighted by molar-refractivity contribution is -0.115. The number of nitrogens with one attached hydrogen (secondary N) is 1. The molecule has 3 nitrogen and oxygen atoms in total. The molecule has 126 valence electrons. The van der Waals surface area contributed by atoms with Gasteiger partial charge >= 0.3 is 0 Å². The number of carbonyl (C=O) groups excluding carboxylic acids is 1. The lowest BCUT2D eigenvalue weighted by Gasteiger charge is -2.13. The van der Waals surface area contributed by atoms with E-state index in [0.717, 1.165) is 0 Å². The Morgan fingerprint density at radius 1 is 0.920 bits per heavy atom. The second-order valence-electron chi connectivity index (χ2n) is 5.35. The standard InChI is InChI=1S/C20H15ClFNO2/c21-15-8-2-5-11-18(15)25-19-12-6-4-10-17(19)23-20(24)13-14-7-1-3-9-16(14)22/h1-12H,13H2,(H,23,24). The Hall–Kier alpha value is -2.85. The Kier molecular flexibility index (Phi) is 5.31. The van der Waals surface area contributed by atoms with Gasteiger partial charge in [-0.2, -0.15) is 0 Å². The van der Waals surface area contributed by atoms with Crippen LogP contribution in [-0.2, 0) is 11.2 Å². The molecular weight excluding hydrogens is 341 g/mol. The maximum absolute atomic E-state index is 13.7. The molecule has 0 aromatic heterocycles. The van der Waals surface area contributed by atoms with Crippen LogP contribution in [0, 0.1) is 5.82 Å². The molecule has 0 radical (unpaired) electrons. The van der Waals surface area contributed by atoms with E-state index in [-0.39, 0.29) is 12.3 Å². The lowest BCUT2D eigenvalue weighted by atomic mass is 10.1. The van der Waals surface area contributed by atoms with Gasteiger partial charge in [0.1, 0.15) is 11.6 Å². The molecule has 3 aromatic rings. The summed E-state index contributed by atoms with van der Waals surface area (Å²) in [6, 6.07) is 20.3. The van der Waals surface area contributed by atoms with Crippen molar-refractivity contribution >= 4 is 23.2 Å². The van der Waals surface area contributed by atoms with Gasteiger partial charge in [0.25, 0.3) is 0 Å². The summed E-state index contributed by atoms with van der Waals surface area (Å²) < 4.78 is 19.5. The van der Waals surface area contributed by atoms with Crippen molar-refractivity contribution in [3.05, 3.63) is 89.2 Å². The first-order valence-electron chi connectivity index (χ1n) is 7.68. The van der Waals surface area contributed by atoms with Crippen LogP contribution in [0.15, 0.2) is 72.8 Å². The highest BCUT2D eigenvalue weighted by molar-refractivity contribution is 6.32. The average Bonchev–Trinajstić information content (AvgIpc) is 2.60. The van der Waals surface area contributed by atoms with Gasteiger partial charge < -0.3 is 10.1 Å². The first kappa shape index (κ1) is 17.0. The highest BCUT2D eigenvalue weighted by Crippen LogP contribution is 2.33. The largest absolute Gasteiger partial charge is 0.454 e. The minimum Gasteiger partial charge on any atom is -0.454 e. The van der Waals surface area contributed by atoms with Gasteiger partial charge in [0.2, 0.25) is 5.91 Å². The van der Waals surface area contributed by atoms with E-state index in [1.54, 1.807) is 66.7 Å². The summed E-state index contributed by atoms with van der Waals surface area (Å²) in [7, 11) is 0. The van der Waals surface area contributed by atoms with E-state index in [0.29, 0.717) is 27.8 Å². The van der Waals surface area contributed by atoms with Crippen LogP contribution in [0.2, 0.25) is 5.02 Å². The van der Waals surface area contributed by atoms with Crippen molar-refractivity contribution in [3.63, 3.8) is 0 Å². The third-order valence-corrected chi connectivity index (χ3v) is 3.84. The molecule has 5 heteroatoms. The summed E-state index contributed by atoms with van der Waals surface area (Å²) >= 11 is 6.10. The van der Waals surface area contributed by atoms with Gasteiger partial charge in [0.05, 0.1) is 17.1 Å². The highest BCUT2D eigenvalue weighted by Gasteiger charge is 2.12. The van der Waals surface area contributed by atoms with Crippen molar-refractivity contribution in [1.29, 1.82) is 0 Å². The Labute approximate surface area is 150 Å². The fourth-order valence-corrected chi connectivity index (χ4v) is 2.49. The monoisotopic (exact) mass is 355 g/mol. The van der Waals surface area contributed by atoms with Crippen LogP contribution in [0.1, 0.15) is 5.56 Å². The molecular formula is C20H15ClFNO2. The van der Waals surface area contributed by atoms with Crippen molar-refractivity contribution in [2.45, 2.75) is 6.42 Å². The third kappa shape index (κ3) is 4.37. The van der Waals surface area contributed by atoms with Crippen molar-refractivity contribution in [2.75, 3.05) is 5.32 Å². The summed E-state index contributed by atoms with van der Waals surface area (Å²) in [4.78, 5) is 12.2. The van der Waals surface area contributed by atoms with Crippen LogP contribution in [0.4, 0.5) is 10.1 Å². The number of hydrogen-bond donors (Lipinski definition) is 1. The minimum atomic E-state index is -0.404. The number of hydrogen-bond acceptors (Lipinski definition) is 2. The number of benzene rings is 3. The number of ether oxygens (including phenoxy) is 1. The molecule has 0 fully saturated rings. The van der Waals surface area contributed by atoms with E-state index < -0.39 is 5.82 Å². The first-order chi connectivity index (χ1) is 12.1. The quantitative estimate of drug-likeness (QED) is 0.660. The number of rotatable bonds is 5. The Morgan fingerprint density at radius 3 is 2.32 bits per heavy atom. The molecule has 0 aliphatic heterocycles. The average molecular weight is 356 g/mol. The van der Waals surface area contributed by atoms with E-state index in [2.05, 4.69) is 5.32 Å². The second-order valence-corrected chi connectivity index (χ2v) is 5.75. The van der Waals surface area contributed by atoms with E-state index in [1.165, 1.54) is 6.07 Å². The van der Waals surface area contributed by atoms with Gasteiger partial charge in [0, 0.05) is 0 Å². The topological polar surface area (TPSA) is 38.3 Å². The summed E-state index contributed by atoms with van der Waals surface area (Å²) in [5, 5.41) is 3.22. The van der Waals surface area contributed by atoms with Crippen molar-refractivity contribution < 1.29 is 13.9 Å². The molecule has 0 unspecified atom stereocenters. The fourth-order valence-electron chi connectivity index (χ4n) is 2.31. The zero-order valence-electron chi connectivity index (χ0n) is 13.2. The number of halogens is 2. The molecule has 0 spiro atoms. The summed E-state index contributed by atoms with van der Waals surface area (Å²) in [6.07, 6.45) is -0.0624. The molecule has 0 saturated carbocycles. The van der Waals surface area contributed by atoms with Crippen LogP contribution in [0.3, 0.4) is 0 Å². The molecule has 0 aliphatic rings. The molecule has 3 rings (SSSR count). The molecule has 1 N–H and O–H groups in total. The molecule has 0 saturated heterocycles. The SMILES string of the molecule is O=C(Cc1ccccc1F)Nc1ccccc1Oc1ccccc1Cl. The van der Waals surface area contributed by atoms with Crippen molar-refractivity contribution in [1.82, 2.24) is 0 Å². The Bertz CT molecular complexity index is 898. The molecule has 0 atom stereocenters. The number of anilines is 1. The number of amides is 1. The van der Waals surface area contributed by atoms with E-state index in [1.807, 2.05) is 0 Å². The van der Waals surface area contributed by atoms with Gasteiger partial charge in [-0.25, -0.2) is 4.39 Å². The minimum absolute atomic E-state index is 0.0624. The normalized spacial score (nSPS) is 10.3. The zero-order valence-corrected chi connectivity index (χ0v) is 14.0. The maximum Gasteiger partial charge on any atom is 0.229 e. The zero-order chi connectivity index (χ0) is 17.6. The Morgan fingerprint density at radius 2 is 1.56 bits per heavy atom. The second kappa shape index (κ2) is 7.81. The predicted molar refractivity (Wildman–Crippen MR) is 96.7 cm³/mol. The molecule has 3 aromatic carbocycles. The molecule has 0 heterocycles. The van der Waals surface area contributed by atoms with Crippen LogP contribution >= 0.6 is 11.6 Å². The van der Waals surface area contributed by atoms with Gasteiger partial charge in [0.15, 0.2) is 5.75 Å². The predicted octanol–water partition coefficient (Wildman–Crippen LogP) is 5.45. The summed E-state index contributed by atoms with van der Waals surface area (Å²) in [6.45, 7) is 0. The fraction of sp³-hybridized carbons (Fsp3) is 0.0500. The maximum atomic E-state index is 13.7. The van der Waals surface area contributed by atoms with Gasteiger partial charge in [-0.1, -0.05) is 54.1 Å². The molecule has 25 heavy (non-hydrogen) atoms. The van der Waals surface area contributed by atoms with Crippen molar-refractivity contribution in [2.24, 2.45) is 0 Å². The third-order valence-electron chi connectivity index (χ3n) is 3.53. The van der Waals surface area contributed by atoms with E-state index >= 15 is 0 Å². The van der Waals surface area contributed by atoms with Gasteiger partial charge in [-0.15, -0.1) is 0 Å². The van der Waals surface area contributed by atoms with Crippen LogP contribution < -0.4 is 10.1 Å². The molecule has 0 aliphatic carbocycles. The van der Waals surface area contributed by atoms with Gasteiger partial charge in [-0.05, 0) is 35.9 Å². The van der Waals surface area contributed by atoms with Crippen LogP contribution in [-0.4, -0.2) is 5.91 Å². The Balaban J connectivity index is 1.76. The number of para-hydroxylation sites is 3. The molecule has 1 amide bonds. The summed E-state index contributed by atoms with van der Waals surface area (Å²) in [5.41, 5.74) is 0.827.